The Kier molecular flexibility index (Phi) is 8.10. The zero-order valence-electron chi connectivity index (χ0n) is 22.9. The first-order valence-electron chi connectivity index (χ1n) is 13.4. The van der Waals surface area contributed by atoms with Crippen LogP contribution >= 0.6 is 0 Å². The molecule has 202 valence electrons. The average Bonchev–Trinajstić information content (AvgIpc) is 2.84. The highest BCUT2D eigenvalue weighted by molar-refractivity contribution is 5.87. The van der Waals surface area contributed by atoms with Crippen molar-refractivity contribution >= 4 is 22.8 Å². The van der Waals surface area contributed by atoms with Gasteiger partial charge in [-0.3, -0.25) is 9.69 Å². The summed E-state index contributed by atoms with van der Waals surface area (Å²) in [4.78, 5) is 26.8. The van der Waals surface area contributed by atoms with Crippen molar-refractivity contribution in [3.05, 3.63) is 83.2 Å². The summed E-state index contributed by atoms with van der Waals surface area (Å²) >= 11 is 0. The molecule has 1 amide bonds. The van der Waals surface area contributed by atoms with Gasteiger partial charge in [-0.15, -0.1) is 0 Å². The Morgan fingerprint density at radius 3 is 2.42 bits per heavy atom. The van der Waals surface area contributed by atoms with Crippen molar-refractivity contribution in [1.29, 1.82) is 0 Å². The van der Waals surface area contributed by atoms with E-state index in [0.29, 0.717) is 5.39 Å². The van der Waals surface area contributed by atoms with E-state index in [1.165, 1.54) is 6.07 Å². The summed E-state index contributed by atoms with van der Waals surface area (Å²) in [6, 6.07) is 18.1. The van der Waals surface area contributed by atoms with Gasteiger partial charge in [0.2, 0.25) is 0 Å². The molecule has 1 aliphatic rings. The molecule has 4 atom stereocenters. The highest BCUT2D eigenvalue weighted by Gasteiger charge is 2.39. The number of amides is 1. The lowest BCUT2D eigenvalue weighted by Gasteiger charge is -2.44. The average molecular weight is 520 g/mol. The lowest BCUT2D eigenvalue weighted by molar-refractivity contribution is -0.136. The predicted molar refractivity (Wildman–Crippen MR) is 148 cm³/mol. The van der Waals surface area contributed by atoms with Crippen LogP contribution in [0.25, 0.3) is 10.8 Å². The number of carboxylic acids is 1. The standard InChI is InChI=1S/C32H38FNO4/c1-20-17-24(23-10-8-9-22(18-23)19-30(35)36)13-16-29(20)34(31(37)38-32(3,4)5)21(2)25-14-15-28(33)27-12-7-6-11-26(25)27/h6-12,14-15,18,20-21,24,29H,13,16-17,19H2,1-5H3,(H,35,36)/t20-,21+,24+,29?/m0/s1. The minimum Gasteiger partial charge on any atom is -0.481 e. The molecule has 0 aliphatic heterocycles. The number of ether oxygens (including phenoxy) is 1. The van der Waals surface area contributed by atoms with Crippen LogP contribution in [0.4, 0.5) is 9.18 Å². The predicted octanol–water partition coefficient (Wildman–Crippen LogP) is 7.88. The first-order chi connectivity index (χ1) is 17.9. The molecule has 0 heterocycles. The number of nitrogens with zero attached hydrogens (tertiary/aromatic N) is 1. The van der Waals surface area contributed by atoms with Gasteiger partial charge in [0.15, 0.2) is 0 Å². The maximum atomic E-state index is 14.6. The molecule has 38 heavy (non-hydrogen) atoms. The number of benzene rings is 3. The molecule has 4 rings (SSSR count). The minimum absolute atomic E-state index is 0.00824. The van der Waals surface area contributed by atoms with Crippen molar-refractivity contribution in [2.45, 2.75) is 83.9 Å². The molecule has 3 aromatic rings. The summed E-state index contributed by atoms with van der Waals surface area (Å²) in [6.45, 7) is 9.77. The van der Waals surface area contributed by atoms with Gasteiger partial charge in [0.1, 0.15) is 11.4 Å². The summed E-state index contributed by atoms with van der Waals surface area (Å²) in [5.41, 5.74) is 2.20. The van der Waals surface area contributed by atoms with Gasteiger partial charge in [-0.25, -0.2) is 9.18 Å². The van der Waals surface area contributed by atoms with Crippen molar-refractivity contribution in [2.24, 2.45) is 5.92 Å². The molecule has 1 N–H and O–H groups in total. The Morgan fingerprint density at radius 1 is 1.05 bits per heavy atom. The van der Waals surface area contributed by atoms with Crippen molar-refractivity contribution in [2.75, 3.05) is 0 Å². The topological polar surface area (TPSA) is 66.8 Å². The molecule has 1 unspecified atom stereocenters. The lowest BCUT2D eigenvalue weighted by atomic mass is 9.74. The Bertz CT molecular complexity index is 1310. The van der Waals surface area contributed by atoms with E-state index in [-0.39, 0.29) is 42.3 Å². The molecule has 1 fully saturated rings. The molecule has 5 nitrogen and oxygen atoms in total. The van der Waals surface area contributed by atoms with Crippen LogP contribution in [-0.4, -0.2) is 33.7 Å². The van der Waals surface area contributed by atoms with E-state index in [0.717, 1.165) is 41.3 Å². The van der Waals surface area contributed by atoms with Crippen molar-refractivity contribution in [3.8, 4) is 0 Å². The summed E-state index contributed by atoms with van der Waals surface area (Å²) in [7, 11) is 0. The van der Waals surface area contributed by atoms with Gasteiger partial charge in [-0.2, -0.15) is 0 Å². The SMILES string of the molecule is C[C@H](c1ccc(F)c2ccccc12)N(C(=O)OC(C)(C)C)C1CC[C@@H](c2cccc(CC(=O)O)c2)C[C@@H]1C. The molecule has 1 saturated carbocycles. The number of carboxylic acid groups (broad SMARTS) is 1. The molecule has 3 aromatic carbocycles. The third-order valence-corrected chi connectivity index (χ3v) is 7.64. The molecular weight excluding hydrogens is 481 g/mol. The van der Waals surface area contributed by atoms with E-state index in [1.54, 1.807) is 12.1 Å². The third-order valence-electron chi connectivity index (χ3n) is 7.64. The van der Waals surface area contributed by atoms with Gasteiger partial charge in [0.25, 0.3) is 0 Å². The number of carbonyl (C=O) groups is 2. The number of hydrogen-bond donors (Lipinski definition) is 1. The zero-order valence-corrected chi connectivity index (χ0v) is 22.9. The molecule has 0 aromatic heterocycles. The summed E-state index contributed by atoms with van der Waals surface area (Å²) in [5.74, 6) is -0.648. The first kappa shape index (κ1) is 27.6. The fraction of sp³-hybridized carbons (Fsp3) is 0.438. The largest absolute Gasteiger partial charge is 0.481 e. The Morgan fingerprint density at radius 2 is 1.76 bits per heavy atom. The highest BCUT2D eigenvalue weighted by atomic mass is 19.1. The lowest BCUT2D eigenvalue weighted by Crippen LogP contribution is -2.49. The van der Waals surface area contributed by atoms with E-state index < -0.39 is 11.6 Å². The Balaban J connectivity index is 1.64. The van der Waals surface area contributed by atoms with Crippen LogP contribution in [0.1, 0.15) is 82.5 Å². The first-order valence-corrected chi connectivity index (χ1v) is 13.4. The number of carbonyl (C=O) groups excluding carboxylic acids is 1. The van der Waals surface area contributed by atoms with Gasteiger partial charge in [0.05, 0.1) is 12.5 Å². The number of fused-ring (bicyclic) bond motifs is 1. The fourth-order valence-corrected chi connectivity index (χ4v) is 5.92. The zero-order chi connectivity index (χ0) is 27.6. The maximum Gasteiger partial charge on any atom is 0.411 e. The van der Waals surface area contributed by atoms with Crippen molar-refractivity contribution in [1.82, 2.24) is 4.90 Å². The van der Waals surface area contributed by atoms with E-state index in [4.69, 9.17) is 4.74 Å². The highest BCUT2D eigenvalue weighted by Crippen LogP contribution is 2.42. The van der Waals surface area contributed by atoms with E-state index in [1.807, 2.05) is 69.0 Å². The Labute approximate surface area is 224 Å². The smallest absolute Gasteiger partial charge is 0.411 e. The minimum atomic E-state index is -0.838. The van der Waals surface area contributed by atoms with Gasteiger partial charge >= 0.3 is 12.1 Å². The number of rotatable bonds is 6. The molecule has 6 heteroatoms. The second-order valence-corrected chi connectivity index (χ2v) is 11.6. The van der Waals surface area contributed by atoms with Crippen LogP contribution in [-0.2, 0) is 16.0 Å². The van der Waals surface area contributed by atoms with Crippen LogP contribution in [0, 0.1) is 11.7 Å². The van der Waals surface area contributed by atoms with E-state index >= 15 is 0 Å². The van der Waals surface area contributed by atoms with Crippen LogP contribution in [0.3, 0.4) is 0 Å². The van der Waals surface area contributed by atoms with Gasteiger partial charge in [-0.05, 0) is 86.9 Å². The number of aliphatic carboxylic acids is 1. The molecule has 0 saturated heterocycles. The van der Waals surface area contributed by atoms with Crippen LogP contribution < -0.4 is 0 Å². The molecule has 0 bridgehead atoms. The second-order valence-electron chi connectivity index (χ2n) is 11.6. The number of halogens is 1. The second kappa shape index (κ2) is 11.1. The van der Waals surface area contributed by atoms with Gasteiger partial charge in [0, 0.05) is 11.4 Å². The number of hydrogen-bond acceptors (Lipinski definition) is 3. The van der Waals surface area contributed by atoms with Crippen molar-refractivity contribution in [3.63, 3.8) is 0 Å². The molecule has 1 aliphatic carbocycles. The quantitative estimate of drug-likeness (QED) is 0.360. The van der Waals surface area contributed by atoms with Crippen LogP contribution in [0.5, 0.6) is 0 Å². The summed E-state index contributed by atoms with van der Waals surface area (Å²) in [5, 5.41) is 10.5. The Hall–Kier alpha value is -3.41. The molecule has 0 spiro atoms. The summed E-state index contributed by atoms with van der Waals surface area (Å²) < 4.78 is 20.5. The monoisotopic (exact) mass is 519 g/mol. The summed E-state index contributed by atoms with van der Waals surface area (Å²) in [6.07, 6.45) is 2.18. The third kappa shape index (κ3) is 6.17. The molecular formula is C32H38FNO4. The normalized spacial score (nSPS) is 20.6. The fourth-order valence-electron chi connectivity index (χ4n) is 5.92. The van der Waals surface area contributed by atoms with Crippen LogP contribution in [0.2, 0.25) is 0 Å². The maximum absolute atomic E-state index is 14.6. The van der Waals surface area contributed by atoms with Crippen molar-refractivity contribution < 1.29 is 23.8 Å². The van der Waals surface area contributed by atoms with Gasteiger partial charge < -0.3 is 9.84 Å². The van der Waals surface area contributed by atoms with E-state index in [2.05, 4.69) is 13.0 Å². The van der Waals surface area contributed by atoms with Gasteiger partial charge in [-0.1, -0.05) is 61.5 Å². The van der Waals surface area contributed by atoms with E-state index in [9.17, 15) is 19.1 Å². The van der Waals surface area contributed by atoms with Crippen LogP contribution in [0.15, 0.2) is 60.7 Å². The molecule has 0 radical (unpaired) electrons.